The molecule has 3 amide bonds. The van der Waals surface area contributed by atoms with Gasteiger partial charge in [-0.2, -0.15) is 0 Å². The molecule has 3 saturated heterocycles. The number of piperazine rings is 1. The van der Waals surface area contributed by atoms with E-state index in [0.29, 0.717) is 44.0 Å². The van der Waals surface area contributed by atoms with E-state index in [2.05, 4.69) is 20.8 Å². The number of nitrogens with one attached hydrogen (secondary N) is 1. The summed E-state index contributed by atoms with van der Waals surface area (Å²) in [7, 11) is 0. The number of tetrazole rings is 1. The molecule has 5 heterocycles. The second-order valence-electron chi connectivity index (χ2n) is 11.1. The molecule has 3 fully saturated rings. The van der Waals surface area contributed by atoms with E-state index in [9.17, 15) is 29.1 Å². The fourth-order valence-corrected chi connectivity index (χ4v) is 7.92. The zero-order valence-electron chi connectivity index (χ0n) is 23.0. The van der Waals surface area contributed by atoms with Gasteiger partial charge in [-0.3, -0.25) is 19.2 Å². The van der Waals surface area contributed by atoms with Crippen LogP contribution in [0.5, 0.6) is 0 Å². The maximum absolute atomic E-state index is 13.2. The zero-order chi connectivity index (χ0) is 29.4. The zero-order valence-corrected chi connectivity index (χ0v) is 23.8. The van der Waals surface area contributed by atoms with Crippen LogP contribution in [-0.4, -0.2) is 126 Å². The van der Waals surface area contributed by atoms with Crippen molar-refractivity contribution in [2.75, 3.05) is 39.3 Å². The van der Waals surface area contributed by atoms with Gasteiger partial charge in [-0.05, 0) is 22.8 Å². The molecule has 0 unspecified atom stereocenters. The molecular weight excluding hydrogens is 554 g/mol. The number of hydrogen-bond donors (Lipinski definition) is 3. The predicted octanol–water partition coefficient (Wildman–Crippen LogP) is -1.87. The molecule has 15 nitrogen and oxygen atoms in total. The molecule has 0 radical (unpaired) electrons. The van der Waals surface area contributed by atoms with E-state index in [1.54, 1.807) is 9.80 Å². The first-order valence-corrected chi connectivity index (χ1v) is 14.7. The van der Waals surface area contributed by atoms with Crippen molar-refractivity contribution in [2.45, 2.75) is 50.6 Å². The van der Waals surface area contributed by atoms with E-state index in [1.165, 1.54) is 27.7 Å². The SMILES string of the molecule is C[C@@H](CC(=O)Cn1cnnn1)[C@H]1C(=O)N2C(C(=O)O)=C(S[C@@H]3CN[C@H](C(=O)N4CCN(C(=O)CN)CC4)C3)[C@H](C)[C@H]12. The summed E-state index contributed by atoms with van der Waals surface area (Å²) >= 11 is 1.43. The van der Waals surface area contributed by atoms with Crippen LogP contribution < -0.4 is 11.1 Å². The van der Waals surface area contributed by atoms with Gasteiger partial charge in [0.05, 0.1) is 24.5 Å². The Bertz CT molecular complexity index is 1250. The van der Waals surface area contributed by atoms with Gasteiger partial charge in [0.1, 0.15) is 18.6 Å². The van der Waals surface area contributed by atoms with Crippen LogP contribution in [0.2, 0.25) is 0 Å². The van der Waals surface area contributed by atoms with E-state index >= 15 is 0 Å². The van der Waals surface area contributed by atoms with E-state index in [1.807, 2.05) is 13.8 Å². The molecule has 41 heavy (non-hydrogen) atoms. The molecule has 0 aliphatic carbocycles. The van der Waals surface area contributed by atoms with Crippen LogP contribution in [0, 0.1) is 17.8 Å². The van der Waals surface area contributed by atoms with Gasteiger partial charge in [-0.15, -0.1) is 16.9 Å². The molecular formula is C25H35N9O6S. The van der Waals surface area contributed by atoms with Crippen LogP contribution in [-0.2, 0) is 30.5 Å². The van der Waals surface area contributed by atoms with Crippen molar-refractivity contribution in [1.82, 2.24) is 40.2 Å². The molecule has 1 aromatic heterocycles. The summed E-state index contributed by atoms with van der Waals surface area (Å²) in [5.74, 6) is -2.64. The molecule has 0 saturated carbocycles. The second-order valence-corrected chi connectivity index (χ2v) is 12.4. The fraction of sp³-hybridized carbons (Fsp3) is 0.680. The van der Waals surface area contributed by atoms with Crippen LogP contribution in [0.15, 0.2) is 16.9 Å². The number of fused-ring (bicyclic) bond motifs is 1. The number of hydrogen-bond acceptors (Lipinski definition) is 11. The summed E-state index contributed by atoms with van der Waals surface area (Å²) in [6, 6.07) is -0.723. The molecule has 4 aliphatic heterocycles. The highest BCUT2D eigenvalue weighted by molar-refractivity contribution is 8.03. The first-order chi connectivity index (χ1) is 19.6. The van der Waals surface area contributed by atoms with E-state index in [4.69, 9.17) is 5.73 Å². The molecule has 0 bridgehead atoms. The third-order valence-electron chi connectivity index (χ3n) is 8.48. The quantitative estimate of drug-likeness (QED) is 0.258. The van der Waals surface area contributed by atoms with Crippen LogP contribution in [0.1, 0.15) is 26.7 Å². The van der Waals surface area contributed by atoms with Crippen LogP contribution in [0.4, 0.5) is 0 Å². The van der Waals surface area contributed by atoms with Crippen molar-refractivity contribution in [3.05, 3.63) is 16.9 Å². The van der Waals surface area contributed by atoms with E-state index < -0.39 is 17.9 Å². The van der Waals surface area contributed by atoms with Crippen LogP contribution in [0.25, 0.3) is 0 Å². The molecule has 5 rings (SSSR count). The number of amides is 3. The van der Waals surface area contributed by atoms with Gasteiger partial charge in [0.2, 0.25) is 17.7 Å². The molecule has 4 N–H and O–H groups in total. The number of aromatic nitrogens is 4. The van der Waals surface area contributed by atoms with Gasteiger partial charge < -0.3 is 30.9 Å². The lowest BCUT2D eigenvalue weighted by Gasteiger charge is -2.47. The van der Waals surface area contributed by atoms with Gasteiger partial charge in [0.25, 0.3) is 0 Å². The number of aliphatic carboxylic acids is 1. The number of carboxylic acid groups (broad SMARTS) is 1. The number of ketones is 1. The number of thioether (sulfide) groups is 1. The van der Waals surface area contributed by atoms with Crippen LogP contribution >= 0.6 is 11.8 Å². The van der Waals surface area contributed by atoms with E-state index in [-0.39, 0.29) is 71.8 Å². The summed E-state index contributed by atoms with van der Waals surface area (Å²) in [6.45, 7) is 6.06. The topological polar surface area (TPSA) is 197 Å². The smallest absolute Gasteiger partial charge is 0.353 e. The van der Waals surface area contributed by atoms with Gasteiger partial charge in [-0.1, -0.05) is 13.8 Å². The maximum atomic E-state index is 13.2. The monoisotopic (exact) mass is 589 g/mol. The number of nitrogens with zero attached hydrogens (tertiary/aromatic N) is 7. The number of carboxylic acids is 1. The Labute approximate surface area is 240 Å². The van der Waals surface area contributed by atoms with Crippen molar-refractivity contribution in [3.63, 3.8) is 0 Å². The summed E-state index contributed by atoms with van der Waals surface area (Å²) in [5.41, 5.74) is 5.45. The molecule has 0 aromatic carbocycles. The molecule has 222 valence electrons. The number of carbonyl (C=O) groups excluding carboxylic acids is 4. The second kappa shape index (κ2) is 11.9. The largest absolute Gasteiger partial charge is 0.477 e. The number of β-lactam (4-membered cyclic amide) rings is 1. The number of nitrogens with two attached hydrogens (primary N) is 1. The van der Waals surface area contributed by atoms with Crippen molar-refractivity contribution >= 4 is 41.2 Å². The van der Waals surface area contributed by atoms with Gasteiger partial charge >= 0.3 is 5.97 Å². The predicted molar refractivity (Wildman–Crippen MR) is 145 cm³/mol. The van der Waals surface area contributed by atoms with Crippen LogP contribution in [0.3, 0.4) is 0 Å². The lowest BCUT2D eigenvalue weighted by molar-refractivity contribution is -0.160. The molecule has 0 spiro atoms. The van der Waals surface area contributed by atoms with Gasteiger partial charge in [0, 0.05) is 55.2 Å². The van der Waals surface area contributed by atoms with Crippen molar-refractivity contribution in [2.24, 2.45) is 23.5 Å². The minimum atomic E-state index is -1.15. The molecule has 4 aliphatic rings. The Balaban J connectivity index is 1.19. The highest BCUT2D eigenvalue weighted by Crippen LogP contribution is 2.53. The first kappa shape index (κ1) is 29.1. The molecule has 1 aromatic rings. The summed E-state index contributed by atoms with van der Waals surface area (Å²) in [5, 5.41) is 24.0. The number of carbonyl (C=O) groups is 5. The van der Waals surface area contributed by atoms with Crippen molar-refractivity contribution in [1.29, 1.82) is 0 Å². The minimum absolute atomic E-state index is 0.0106. The van der Waals surface area contributed by atoms with Crippen molar-refractivity contribution < 1.29 is 29.1 Å². The normalized spacial score (nSPS) is 28.5. The van der Waals surface area contributed by atoms with Crippen molar-refractivity contribution in [3.8, 4) is 0 Å². The number of rotatable bonds is 10. The third kappa shape index (κ3) is 5.59. The summed E-state index contributed by atoms with van der Waals surface area (Å²) in [4.78, 5) is 68.5. The Kier molecular flexibility index (Phi) is 8.42. The Morgan fingerprint density at radius 2 is 1.90 bits per heavy atom. The molecule has 16 heteroatoms. The molecule has 6 atom stereocenters. The fourth-order valence-electron chi connectivity index (χ4n) is 6.44. The Morgan fingerprint density at radius 3 is 2.54 bits per heavy atom. The van der Waals surface area contributed by atoms with Gasteiger partial charge in [0.15, 0.2) is 5.78 Å². The Morgan fingerprint density at radius 1 is 1.20 bits per heavy atom. The Hall–Kier alpha value is -3.37. The highest BCUT2D eigenvalue weighted by atomic mass is 32.2. The average molecular weight is 590 g/mol. The number of Topliss-reactive ketones (excluding diaryl/α,β-unsaturated/α-hetero) is 1. The highest BCUT2D eigenvalue weighted by Gasteiger charge is 2.60. The van der Waals surface area contributed by atoms with E-state index in [0.717, 1.165) is 0 Å². The average Bonchev–Trinajstić information content (AvgIpc) is 3.68. The maximum Gasteiger partial charge on any atom is 0.353 e. The third-order valence-corrected chi connectivity index (χ3v) is 10.00. The minimum Gasteiger partial charge on any atom is -0.477 e. The lowest BCUT2D eigenvalue weighted by atomic mass is 9.73. The summed E-state index contributed by atoms with van der Waals surface area (Å²) < 4.78 is 1.33. The van der Waals surface area contributed by atoms with Gasteiger partial charge in [-0.25, -0.2) is 9.48 Å². The first-order valence-electron chi connectivity index (χ1n) is 13.8. The lowest BCUT2D eigenvalue weighted by Crippen LogP contribution is -2.62. The standard InChI is InChI=1S/C25H35N9O6S/c1-13(7-15(35)11-33-12-28-29-30-33)19-20-14(2)22(21(25(39)40)34(20)24(19)38)41-16-8-17(27-10-16)23(37)32-5-3-31(4-6-32)18(36)9-26/h12-14,16-17,19-20,27H,3-11,26H2,1-2H3,(H,39,40)/t13-,14+,16-,17-,19+,20+/m0/s1. The summed E-state index contributed by atoms with van der Waals surface area (Å²) in [6.07, 6.45) is 2.04.